The number of carbonyl (C=O) groups is 2. The van der Waals surface area contributed by atoms with Crippen LogP contribution < -0.4 is 15.5 Å². The number of hydrogen-bond acceptors (Lipinski definition) is 4. The Morgan fingerprint density at radius 1 is 1.06 bits per heavy atom. The number of urea groups is 1. The lowest BCUT2D eigenvalue weighted by atomic mass is 9.93. The van der Waals surface area contributed by atoms with Gasteiger partial charge in [-0.3, -0.25) is 4.79 Å². The zero-order chi connectivity index (χ0) is 26.5. The highest BCUT2D eigenvalue weighted by molar-refractivity contribution is 8.01. The Morgan fingerprint density at radius 2 is 1.72 bits per heavy atom. The molecule has 0 atom stereocenters. The summed E-state index contributed by atoms with van der Waals surface area (Å²) in [6, 6.07) is 8.17. The summed E-state index contributed by atoms with van der Waals surface area (Å²) in [5.41, 5.74) is 1.20. The van der Waals surface area contributed by atoms with Crippen LogP contribution in [-0.2, 0) is 4.79 Å². The van der Waals surface area contributed by atoms with Gasteiger partial charge in [-0.15, -0.1) is 11.8 Å². The Bertz CT molecular complexity index is 1090. The number of aliphatic carboxylic acids is 1. The fourth-order valence-electron chi connectivity index (χ4n) is 4.36. The van der Waals surface area contributed by atoms with E-state index in [1.807, 2.05) is 12.1 Å². The minimum absolute atomic E-state index is 0.140. The summed E-state index contributed by atoms with van der Waals surface area (Å²) >= 11 is 1.18. The Labute approximate surface area is 215 Å². The molecule has 0 aliphatic heterocycles. The van der Waals surface area contributed by atoms with Crippen LogP contribution in [0.2, 0.25) is 0 Å². The first-order valence-electron chi connectivity index (χ1n) is 12.3. The maximum atomic E-state index is 14.1. The smallest absolute Gasteiger partial charge is 0.323 e. The number of thioether (sulfide) groups is 1. The lowest BCUT2D eigenvalue weighted by Crippen LogP contribution is -2.40. The van der Waals surface area contributed by atoms with Crippen molar-refractivity contribution in [3.63, 3.8) is 0 Å². The molecule has 0 heterocycles. The Morgan fingerprint density at radius 3 is 2.33 bits per heavy atom. The van der Waals surface area contributed by atoms with Gasteiger partial charge >= 0.3 is 12.0 Å². The van der Waals surface area contributed by atoms with Gasteiger partial charge in [-0.1, -0.05) is 33.1 Å². The van der Waals surface area contributed by atoms with Gasteiger partial charge in [-0.05, 0) is 62.9 Å². The molecule has 0 aromatic heterocycles. The quantitative estimate of drug-likeness (QED) is 0.302. The normalized spacial score (nSPS) is 14.5. The molecule has 3 rings (SSSR count). The molecule has 9 heteroatoms. The molecule has 0 bridgehead atoms. The van der Waals surface area contributed by atoms with Gasteiger partial charge in [-0.25, -0.2) is 13.6 Å². The van der Waals surface area contributed by atoms with E-state index in [-0.39, 0.29) is 5.69 Å². The predicted octanol–water partition coefficient (Wildman–Crippen LogP) is 7.36. The third kappa shape index (κ3) is 7.35. The first-order valence-corrected chi connectivity index (χ1v) is 13.1. The Kier molecular flexibility index (Phi) is 9.22. The minimum atomic E-state index is -1.07. The molecule has 2 aromatic carbocycles. The van der Waals surface area contributed by atoms with E-state index in [4.69, 9.17) is 0 Å². The van der Waals surface area contributed by atoms with Crippen LogP contribution >= 0.6 is 11.8 Å². The zero-order valence-corrected chi connectivity index (χ0v) is 22.1. The molecule has 0 spiro atoms. The molecule has 196 valence electrons. The van der Waals surface area contributed by atoms with Crippen LogP contribution in [-0.4, -0.2) is 34.4 Å². The number of anilines is 3. The predicted molar refractivity (Wildman–Crippen MR) is 142 cm³/mol. The topological polar surface area (TPSA) is 81.7 Å². The van der Waals surface area contributed by atoms with Crippen molar-refractivity contribution in [1.29, 1.82) is 0 Å². The monoisotopic (exact) mass is 519 g/mol. The van der Waals surface area contributed by atoms with Gasteiger partial charge in [0, 0.05) is 23.5 Å². The maximum absolute atomic E-state index is 14.1. The Balaban J connectivity index is 1.96. The standard InChI is InChI=1S/C27H35F2N3O3S/c1-17(2)16-32(19-8-6-5-7-9-19)24-13-11-20(36-27(3,4)25(33)34)15-23(24)31-26(35)30-22-12-10-18(28)14-21(22)29/h10-15,17,19H,5-9,16H2,1-4H3,(H,33,34)(H2,30,31,35). The average Bonchev–Trinajstić information content (AvgIpc) is 2.80. The maximum Gasteiger partial charge on any atom is 0.323 e. The molecule has 0 saturated heterocycles. The highest BCUT2D eigenvalue weighted by Gasteiger charge is 2.30. The highest BCUT2D eigenvalue weighted by Crippen LogP contribution is 2.39. The number of rotatable bonds is 9. The second kappa shape index (κ2) is 12.0. The van der Waals surface area contributed by atoms with Crippen LogP contribution in [0.15, 0.2) is 41.3 Å². The Hall–Kier alpha value is -2.81. The minimum Gasteiger partial charge on any atom is -0.480 e. The van der Waals surface area contributed by atoms with Gasteiger partial charge in [-0.2, -0.15) is 0 Å². The molecule has 1 aliphatic rings. The van der Waals surface area contributed by atoms with E-state index in [9.17, 15) is 23.5 Å². The number of nitrogens with one attached hydrogen (secondary N) is 2. The molecule has 6 nitrogen and oxygen atoms in total. The number of carboxylic acid groups (broad SMARTS) is 1. The molecule has 2 aromatic rings. The molecule has 1 saturated carbocycles. The van der Waals surface area contributed by atoms with Crippen molar-refractivity contribution < 1.29 is 23.5 Å². The second-order valence-electron chi connectivity index (χ2n) is 10.1. The average molecular weight is 520 g/mol. The fourth-order valence-corrected chi connectivity index (χ4v) is 5.35. The largest absolute Gasteiger partial charge is 0.480 e. The number of hydrogen-bond donors (Lipinski definition) is 3. The number of benzene rings is 2. The SMILES string of the molecule is CC(C)CN(c1ccc(SC(C)(C)C(=O)O)cc1NC(=O)Nc1ccc(F)cc1F)C1CCCCC1. The molecule has 1 fully saturated rings. The molecule has 0 unspecified atom stereocenters. The summed E-state index contributed by atoms with van der Waals surface area (Å²) in [4.78, 5) is 27.6. The van der Waals surface area contributed by atoms with E-state index in [1.165, 1.54) is 24.2 Å². The number of carboxylic acids is 1. The van der Waals surface area contributed by atoms with Gasteiger partial charge in [0.25, 0.3) is 0 Å². The fraction of sp³-hybridized carbons (Fsp3) is 0.481. The summed E-state index contributed by atoms with van der Waals surface area (Å²) in [6.07, 6.45) is 5.62. The summed E-state index contributed by atoms with van der Waals surface area (Å²) in [5, 5.41) is 14.9. The van der Waals surface area contributed by atoms with E-state index in [1.54, 1.807) is 19.9 Å². The van der Waals surface area contributed by atoms with Gasteiger partial charge in [0.1, 0.15) is 16.4 Å². The van der Waals surface area contributed by atoms with Crippen molar-refractivity contribution in [2.45, 2.75) is 75.5 Å². The van der Waals surface area contributed by atoms with Crippen LogP contribution in [0, 0.1) is 17.6 Å². The summed E-state index contributed by atoms with van der Waals surface area (Å²) in [7, 11) is 0. The van der Waals surface area contributed by atoms with Crippen LogP contribution in [0.4, 0.5) is 30.6 Å². The number of halogens is 2. The number of nitrogens with zero attached hydrogens (tertiary/aromatic N) is 1. The van der Waals surface area contributed by atoms with Crippen molar-refractivity contribution in [3.8, 4) is 0 Å². The lowest BCUT2D eigenvalue weighted by molar-refractivity contribution is -0.138. The first kappa shape index (κ1) is 27.8. The van der Waals surface area contributed by atoms with E-state index < -0.39 is 28.4 Å². The molecule has 2 amide bonds. The van der Waals surface area contributed by atoms with Gasteiger partial charge in [0.05, 0.1) is 17.1 Å². The van der Waals surface area contributed by atoms with Crippen molar-refractivity contribution >= 4 is 40.8 Å². The van der Waals surface area contributed by atoms with Crippen LogP contribution in [0.1, 0.15) is 59.8 Å². The molecule has 3 N–H and O–H groups in total. The molecule has 1 aliphatic carbocycles. The van der Waals surface area contributed by atoms with Crippen LogP contribution in [0.3, 0.4) is 0 Å². The van der Waals surface area contributed by atoms with E-state index >= 15 is 0 Å². The lowest BCUT2D eigenvalue weighted by Gasteiger charge is -2.38. The van der Waals surface area contributed by atoms with Crippen molar-refractivity contribution in [2.24, 2.45) is 5.92 Å². The van der Waals surface area contributed by atoms with E-state index in [0.29, 0.717) is 28.6 Å². The van der Waals surface area contributed by atoms with Gasteiger partial charge < -0.3 is 20.6 Å². The summed E-state index contributed by atoms with van der Waals surface area (Å²) in [6.45, 7) is 8.33. The van der Waals surface area contributed by atoms with Gasteiger partial charge in [0.15, 0.2) is 0 Å². The van der Waals surface area contributed by atoms with E-state index in [0.717, 1.165) is 44.0 Å². The third-order valence-corrected chi connectivity index (χ3v) is 7.34. The van der Waals surface area contributed by atoms with Crippen molar-refractivity contribution in [2.75, 3.05) is 22.1 Å². The second-order valence-corrected chi connectivity index (χ2v) is 11.8. The van der Waals surface area contributed by atoms with Crippen molar-refractivity contribution in [3.05, 3.63) is 48.0 Å². The highest BCUT2D eigenvalue weighted by atomic mass is 32.2. The summed E-state index contributed by atoms with van der Waals surface area (Å²) in [5.74, 6) is -2.17. The zero-order valence-electron chi connectivity index (χ0n) is 21.2. The molecular formula is C27H35F2N3O3S. The molecular weight excluding hydrogens is 484 g/mol. The first-order chi connectivity index (χ1) is 17.0. The summed E-state index contributed by atoms with van der Waals surface area (Å²) < 4.78 is 26.3. The van der Waals surface area contributed by atoms with Gasteiger partial charge in [0.2, 0.25) is 0 Å². The van der Waals surface area contributed by atoms with Crippen LogP contribution in [0.25, 0.3) is 0 Å². The van der Waals surface area contributed by atoms with E-state index in [2.05, 4.69) is 29.4 Å². The van der Waals surface area contributed by atoms with Crippen molar-refractivity contribution in [1.82, 2.24) is 0 Å². The number of carbonyl (C=O) groups excluding carboxylic acids is 1. The number of amides is 2. The van der Waals surface area contributed by atoms with Crippen LogP contribution in [0.5, 0.6) is 0 Å². The molecule has 0 radical (unpaired) electrons. The third-order valence-electron chi connectivity index (χ3n) is 6.17. The molecule has 36 heavy (non-hydrogen) atoms.